The number of rotatable bonds is 5. The van der Waals surface area contributed by atoms with Gasteiger partial charge in [-0.2, -0.15) is 13.2 Å². The number of pyridine rings is 1. The minimum Gasteiger partial charge on any atom is -0.457 e. The Morgan fingerprint density at radius 1 is 1.10 bits per heavy atom. The summed E-state index contributed by atoms with van der Waals surface area (Å²) in [4.78, 5) is 25.8. The van der Waals surface area contributed by atoms with Crippen LogP contribution >= 0.6 is 11.6 Å². The van der Waals surface area contributed by atoms with Gasteiger partial charge in [0.25, 0.3) is 0 Å². The number of aliphatic hydroxyl groups is 1. The van der Waals surface area contributed by atoms with Gasteiger partial charge in [-0.05, 0) is 53.9 Å². The Morgan fingerprint density at radius 2 is 1.90 bits per heavy atom. The summed E-state index contributed by atoms with van der Waals surface area (Å²) in [6.45, 7) is 0.503. The molecular weight excluding hydrogens is 535 g/mol. The second-order valence-electron chi connectivity index (χ2n) is 8.62. The molecule has 0 atom stereocenters. The molecule has 4 aromatic rings. The number of hydrogen-bond acceptors (Lipinski definition) is 5. The molecule has 1 aliphatic rings. The van der Waals surface area contributed by atoms with Gasteiger partial charge in [0, 0.05) is 31.0 Å². The average Bonchev–Trinajstić information content (AvgIpc) is 3.38. The predicted octanol–water partition coefficient (Wildman–Crippen LogP) is 6.65. The molecule has 3 N–H and O–H groups in total. The zero-order valence-electron chi connectivity index (χ0n) is 19.7. The van der Waals surface area contributed by atoms with Crippen molar-refractivity contribution in [3.8, 4) is 23.0 Å². The van der Waals surface area contributed by atoms with E-state index in [1.807, 2.05) is 18.2 Å². The van der Waals surface area contributed by atoms with Gasteiger partial charge >= 0.3 is 12.2 Å². The molecule has 5 rings (SSSR count). The van der Waals surface area contributed by atoms with E-state index in [0.29, 0.717) is 41.7 Å². The zero-order valence-corrected chi connectivity index (χ0v) is 20.5. The molecule has 0 bridgehead atoms. The Morgan fingerprint density at radius 3 is 2.64 bits per heavy atom. The van der Waals surface area contributed by atoms with Gasteiger partial charge < -0.3 is 25.0 Å². The lowest BCUT2D eigenvalue weighted by Crippen LogP contribution is -2.38. The van der Waals surface area contributed by atoms with Crippen molar-refractivity contribution in [2.24, 2.45) is 0 Å². The summed E-state index contributed by atoms with van der Waals surface area (Å²) in [6, 6.07) is 11.7. The number of alkyl halides is 3. The van der Waals surface area contributed by atoms with Crippen LogP contribution in [0.4, 0.5) is 23.7 Å². The summed E-state index contributed by atoms with van der Waals surface area (Å²) < 4.78 is 45.5. The molecule has 2 aromatic carbocycles. The van der Waals surface area contributed by atoms with Crippen LogP contribution in [0.5, 0.6) is 11.5 Å². The number of fused-ring (bicyclic) bond motifs is 1. The second-order valence-corrected chi connectivity index (χ2v) is 9.03. The van der Waals surface area contributed by atoms with Crippen molar-refractivity contribution in [1.82, 2.24) is 19.9 Å². The van der Waals surface area contributed by atoms with E-state index in [1.54, 1.807) is 18.3 Å². The first-order valence-electron chi connectivity index (χ1n) is 11.5. The third-order valence-electron chi connectivity index (χ3n) is 6.01. The summed E-state index contributed by atoms with van der Waals surface area (Å²) in [5, 5.41) is 11.3. The number of anilines is 1. The van der Waals surface area contributed by atoms with E-state index in [9.17, 15) is 23.1 Å². The molecule has 204 valence electrons. The fraction of sp³-hybridized carbons (Fsp3) is 0.222. The van der Waals surface area contributed by atoms with E-state index in [4.69, 9.17) is 16.3 Å². The van der Waals surface area contributed by atoms with Crippen LogP contribution in [0.2, 0.25) is 5.02 Å². The number of imidazole rings is 1. The number of amides is 2. The van der Waals surface area contributed by atoms with Crippen LogP contribution in [0.25, 0.3) is 11.5 Å². The minimum atomic E-state index is -4.63. The van der Waals surface area contributed by atoms with Crippen LogP contribution in [0.15, 0.2) is 60.9 Å². The van der Waals surface area contributed by atoms with Crippen LogP contribution in [0.3, 0.4) is 0 Å². The van der Waals surface area contributed by atoms with Crippen molar-refractivity contribution in [3.05, 3.63) is 88.3 Å². The van der Waals surface area contributed by atoms with Crippen molar-refractivity contribution >= 4 is 23.3 Å². The Kier molecular flexibility index (Phi) is 8.12. The van der Waals surface area contributed by atoms with Gasteiger partial charge in [0.05, 0.1) is 29.1 Å². The number of carbonyl (C=O) groups excluding carboxylic acids is 1. The van der Waals surface area contributed by atoms with E-state index in [2.05, 4.69) is 20.3 Å². The highest BCUT2D eigenvalue weighted by Gasteiger charge is 2.33. The summed E-state index contributed by atoms with van der Waals surface area (Å²) in [5.41, 5.74) is 2.01. The summed E-state index contributed by atoms with van der Waals surface area (Å²) in [7, 11) is 0. The first-order valence-corrected chi connectivity index (χ1v) is 11.9. The smallest absolute Gasteiger partial charge is 0.417 e. The number of urea groups is 1. The maximum absolute atomic E-state index is 13.2. The molecule has 3 heterocycles. The molecule has 0 radical (unpaired) electrons. The largest absolute Gasteiger partial charge is 0.457 e. The third-order valence-corrected chi connectivity index (χ3v) is 6.34. The van der Waals surface area contributed by atoms with Gasteiger partial charge in [0.2, 0.25) is 0 Å². The molecule has 39 heavy (non-hydrogen) atoms. The number of ether oxygens (including phenoxy) is 1. The monoisotopic (exact) mass is 559 g/mol. The Balaban J connectivity index is 0.00000353. The van der Waals surface area contributed by atoms with Crippen LogP contribution in [-0.2, 0) is 25.7 Å². The Labute approximate surface area is 227 Å². The fourth-order valence-electron chi connectivity index (χ4n) is 4.10. The van der Waals surface area contributed by atoms with E-state index in [-0.39, 0.29) is 26.3 Å². The molecule has 0 saturated heterocycles. The van der Waals surface area contributed by atoms with E-state index in [0.717, 1.165) is 23.3 Å². The molecule has 8 nitrogen and oxygen atoms in total. The van der Waals surface area contributed by atoms with Crippen LogP contribution < -0.4 is 10.1 Å². The number of H-pyrrole nitrogens is 1. The average molecular weight is 560 g/mol. The minimum absolute atomic E-state index is 0. The topological polar surface area (TPSA) is 103 Å². The first-order chi connectivity index (χ1) is 18.2. The highest BCUT2D eigenvalue weighted by Crippen LogP contribution is 2.36. The molecule has 12 heteroatoms. The van der Waals surface area contributed by atoms with Crippen LogP contribution in [0, 0.1) is 0 Å². The normalized spacial score (nSPS) is 12.9. The highest BCUT2D eigenvalue weighted by atomic mass is 35.5. The van der Waals surface area contributed by atoms with Gasteiger partial charge in [-0.3, -0.25) is 4.98 Å². The second kappa shape index (κ2) is 11.3. The van der Waals surface area contributed by atoms with E-state index < -0.39 is 22.8 Å². The van der Waals surface area contributed by atoms with Gasteiger partial charge in [0.15, 0.2) is 5.82 Å². The number of carbonyl (C=O) groups is 1. The number of aliphatic hydroxyl groups excluding tert-OH is 1. The molecule has 2 aromatic heterocycles. The van der Waals surface area contributed by atoms with Crippen molar-refractivity contribution in [2.45, 2.75) is 33.2 Å². The first kappa shape index (κ1) is 27.9. The fourth-order valence-corrected chi connectivity index (χ4v) is 4.33. The number of halogens is 4. The van der Waals surface area contributed by atoms with E-state index >= 15 is 0 Å². The summed E-state index contributed by atoms with van der Waals surface area (Å²) in [5.74, 6) is 1.56. The maximum Gasteiger partial charge on any atom is 0.417 e. The molecule has 2 amide bonds. The van der Waals surface area contributed by atoms with Crippen molar-refractivity contribution in [1.29, 1.82) is 0 Å². The van der Waals surface area contributed by atoms with Gasteiger partial charge in [-0.25, -0.2) is 9.78 Å². The lowest BCUT2D eigenvalue weighted by Gasteiger charge is -2.29. The lowest BCUT2D eigenvalue weighted by molar-refractivity contribution is -0.137. The summed E-state index contributed by atoms with van der Waals surface area (Å²) in [6.07, 6.45) is -0.938. The lowest BCUT2D eigenvalue weighted by atomic mass is 10.00. The molecule has 0 aliphatic carbocycles. The van der Waals surface area contributed by atoms with Crippen molar-refractivity contribution in [3.63, 3.8) is 0 Å². The molecule has 0 fully saturated rings. The molecular formula is C27H25ClF3N5O3. The SMILES string of the molecule is C.O=C(Nc1ccc(Cl)c(C(F)(F)F)c1)N1CCc2ccc(Oc3ccnc(-c4ncc(CO)[nH]4)c3)cc2C1. The number of aromatic amines is 1. The Hall–Kier alpha value is -4.09. The van der Waals surface area contributed by atoms with Crippen LogP contribution in [0.1, 0.15) is 29.8 Å². The molecule has 0 saturated carbocycles. The van der Waals surface area contributed by atoms with Crippen molar-refractivity contribution in [2.75, 3.05) is 11.9 Å². The molecule has 1 aliphatic heterocycles. The standard InChI is InChI=1S/C26H21ClF3N5O3.CH4/c27-22-4-2-17(10-21(22)26(28,29)30)34-25(37)35-8-6-15-1-3-19(9-16(15)13-35)38-20-5-7-31-23(11-20)24-32-12-18(14-36)33-24;/h1-5,7,9-12,36H,6,8,13-14H2,(H,32,33)(H,34,37);1H4. The predicted molar refractivity (Wildman–Crippen MR) is 141 cm³/mol. The highest BCUT2D eigenvalue weighted by molar-refractivity contribution is 6.31. The van der Waals surface area contributed by atoms with E-state index in [1.165, 1.54) is 17.2 Å². The third kappa shape index (κ3) is 6.32. The number of nitrogens with zero attached hydrogens (tertiary/aromatic N) is 3. The van der Waals surface area contributed by atoms with Crippen molar-refractivity contribution < 1.29 is 27.8 Å². The molecule has 0 unspecified atom stereocenters. The summed E-state index contributed by atoms with van der Waals surface area (Å²) >= 11 is 5.67. The van der Waals surface area contributed by atoms with Crippen LogP contribution in [-0.4, -0.2) is 37.5 Å². The Bertz CT molecular complexity index is 1490. The number of nitrogens with one attached hydrogen (secondary N) is 2. The number of hydrogen-bond donors (Lipinski definition) is 3. The molecule has 0 spiro atoms. The number of aromatic nitrogens is 3. The van der Waals surface area contributed by atoms with Gasteiger partial charge in [-0.1, -0.05) is 25.1 Å². The maximum atomic E-state index is 13.2. The zero-order chi connectivity index (χ0) is 26.9. The van der Waals surface area contributed by atoms with Gasteiger partial charge in [0.1, 0.15) is 17.2 Å². The quantitative estimate of drug-likeness (QED) is 0.254. The number of benzene rings is 2. The van der Waals surface area contributed by atoms with Gasteiger partial charge in [-0.15, -0.1) is 0 Å².